The molecule has 0 aliphatic heterocycles. The molecule has 0 aromatic heterocycles. The average Bonchev–Trinajstić information content (AvgIpc) is 2.38. The third-order valence-corrected chi connectivity index (χ3v) is 3.74. The lowest BCUT2D eigenvalue weighted by molar-refractivity contribution is -0.925. The number of nitrogens with zero attached hydrogens (tertiary/aromatic N) is 1. The van der Waals surface area contributed by atoms with Gasteiger partial charge < -0.3 is 14.3 Å². The summed E-state index contributed by atoms with van der Waals surface area (Å²) < 4.78 is 6.71. The normalized spacial score (nSPS) is 11.6. The van der Waals surface area contributed by atoms with E-state index in [0.29, 0.717) is 6.61 Å². The molecule has 0 atom stereocenters. The maximum absolute atomic E-state index is 9.16. The van der Waals surface area contributed by atoms with Crippen molar-refractivity contribution in [3.8, 4) is 5.75 Å². The van der Waals surface area contributed by atoms with Crippen molar-refractivity contribution >= 4 is 0 Å². The van der Waals surface area contributed by atoms with Crippen molar-refractivity contribution in [3.63, 3.8) is 0 Å². The van der Waals surface area contributed by atoms with Gasteiger partial charge >= 0.3 is 0 Å². The number of quaternary nitrogens is 1. The Morgan fingerprint density at radius 2 is 1.89 bits per heavy atom. The zero-order chi connectivity index (χ0) is 13.4. The van der Waals surface area contributed by atoms with Gasteiger partial charge in [0.2, 0.25) is 0 Å². The predicted octanol–water partition coefficient (Wildman–Crippen LogP) is 2.22. The smallest absolute Gasteiger partial charge is 0.137 e. The van der Waals surface area contributed by atoms with Crippen LogP contribution in [0.5, 0.6) is 5.75 Å². The van der Waals surface area contributed by atoms with Gasteiger partial charge in [-0.05, 0) is 38.5 Å². The Labute approximate surface area is 111 Å². The van der Waals surface area contributed by atoms with Crippen LogP contribution in [0.15, 0.2) is 24.3 Å². The number of benzene rings is 1. The third-order valence-electron chi connectivity index (χ3n) is 3.74. The number of aliphatic hydroxyl groups is 1. The standard InChI is InChI=1S/C15H26NO2/c1-4-16(5-2,9-11-17)10-12-18-15-8-6-7-14(3)13-15/h6-8,13,17H,4-5,9-12H2,1-3H3/q+1. The molecule has 18 heavy (non-hydrogen) atoms. The highest BCUT2D eigenvalue weighted by Gasteiger charge is 2.22. The Hall–Kier alpha value is -1.06. The first-order valence-corrected chi connectivity index (χ1v) is 6.81. The second-order valence-electron chi connectivity index (χ2n) is 4.81. The molecule has 1 aromatic carbocycles. The number of hydrogen-bond acceptors (Lipinski definition) is 2. The Bertz CT molecular complexity index is 348. The molecule has 0 saturated heterocycles. The fourth-order valence-electron chi connectivity index (χ4n) is 2.24. The SMILES string of the molecule is CC[N+](CC)(CCO)CCOc1cccc(C)c1. The van der Waals surface area contributed by atoms with Gasteiger partial charge in [-0.2, -0.15) is 0 Å². The summed E-state index contributed by atoms with van der Waals surface area (Å²) >= 11 is 0. The first-order valence-electron chi connectivity index (χ1n) is 6.81. The van der Waals surface area contributed by atoms with Gasteiger partial charge in [-0.3, -0.25) is 0 Å². The van der Waals surface area contributed by atoms with E-state index in [0.717, 1.165) is 36.4 Å². The van der Waals surface area contributed by atoms with Crippen molar-refractivity contribution in [3.05, 3.63) is 29.8 Å². The molecule has 1 aromatic rings. The van der Waals surface area contributed by atoms with Gasteiger partial charge in [0.05, 0.1) is 19.7 Å². The Morgan fingerprint density at radius 1 is 1.17 bits per heavy atom. The van der Waals surface area contributed by atoms with Crippen LogP contribution in [0.25, 0.3) is 0 Å². The van der Waals surface area contributed by atoms with Crippen LogP contribution in [0.4, 0.5) is 0 Å². The molecule has 102 valence electrons. The molecular weight excluding hydrogens is 226 g/mol. The number of ether oxygens (including phenoxy) is 1. The fraction of sp³-hybridized carbons (Fsp3) is 0.600. The molecule has 0 heterocycles. The van der Waals surface area contributed by atoms with Crippen LogP contribution in [0, 0.1) is 6.92 Å². The summed E-state index contributed by atoms with van der Waals surface area (Å²) in [6.45, 7) is 11.2. The topological polar surface area (TPSA) is 29.5 Å². The monoisotopic (exact) mass is 252 g/mol. The van der Waals surface area contributed by atoms with Crippen molar-refractivity contribution in [1.29, 1.82) is 0 Å². The first-order chi connectivity index (χ1) is 8.65. The minimum Gasteiger partial charge on any atom is -0.488 e. The van der Waals surface area contributed by atoms with E-state index in [2.05, 4.69) is 32.9 Å². The van der Waals surface area contributed by atoms with Gasteiger partial charge in [0, 0.05) is 0 Å². The van der Waals surface area contributed by atoms with E-state index in [1.54, 1.807) is 0 Å². The molecule has 0 spiro atoms. The van der Waals surface area contributed by atoms with Crippen molar-refractivity contribution in [2.75, 3.05) is 39.4 Å². The lowest BCUT2D eigenvalue weighted by atomic mass is 10.2. The predicted molar refractivity (Wildman–Crippen MR) is 74.8 cm³/mol. The van der Waals surface area contributed by atoms with Gasteiger partial charge in [0.1, 0.15) is 25.4 Å². The van der Waals surface area contributed by atoms with Crippen molar-refractivity contribution < 1.29 is 14.3 Å². The second-order valence-corrected chi connectivity index (χ2v) is 4.81. The fourth-order valence-corrected chi connectivity index (χ4v) is 2.24. The van der Waals surface area contributed by atoms with Gasteiger partial charge in [-0.15, -0.1) is 0 Å². The summed E-state index contributed by atoms with van der Waals surface area (Å²) in [7, 11) is 0. The van der Waals surface area contributed by atoms with E-state index >= 15 is 0 Å². The minimum absolute atomic E-state index is 0.242. The summed E-state index contributed by atoms with van der Waals surface area (Å²) in [5, 5.41) is 9.16. The Balaban J connectivity index is 2.48. The van der Waals surface area contributed by atoms with E-state index in [4.69, 9.17) is 9.84 Å². The lowest BCUT2D eigenvalue weighted by Gasteiger charge is -2.36. The van der Waals surface area contributed by atoms with Crippen molar-refractivity contribution in [2.24, 2.45) is 0 Å². The Morgan fingerprint density at radius 3 is 2.44 bits per heavy atom. The van der Waals surface area contributed by atoms with Gasteiger partial charge in [0.25, 0.3) is 0 Å². The highest BCUT2D eigenvalue weighted by atomic mass is 16.5. The van der Waals surface area contributed by atoms with Crippen LogP contribution in [0.1, 0.15) is 19.4 Å². The van der Waals surface area contributed by atoms with E-state index in [1.807, 2.05) is 12.1 Å². The molecule has 0 aliphatic rings. The maximum atomic E-state index is 9.16. The molecule has 3 heteroatoms. The summed E-state index contributed by atoms with van der Waals surface area (Å²) in [6, 6.07) is 8.13. The molecule has 0 radical (unpaired) electrons. The molecular formula is C15H26NO2+. The number of hydrogen-bond donors (Lipinski definition) is 1. The number of aryl methyl sites for hydroxylation is 1. The van der Waals surface area contributed by atoms with Crippen LogP contribution >= 0.6 is 0 Å². The molecule has 0 amide bonds. The molecule has 0 fully saturated rings. The lowest BCUT2D eigenvalue weighted by Crippen LogP contribution is -2.51. The highest BCUT2D eigenvalue weighted by molar-refractivity contribution is 5.27. The van der Waals surface area contributed by atoms with E-state index in [1.165, 1.54) is 5.56 Å². The van der Waals surface area contributed by atoms with Crippen LogP contribution in [-0.4, -0.2) is 49.0 Å². The molecule has 0 saturated carbocycles. The summed E-state index contributed by atoms with van der Waals surface area (Å²) in [5.74, 6) is 0.935. The quantitative estimate of drug-likeness (QED) is 0.719. The zero-order valence-electron chi connectivity index (χ0n) is 11.9. The minimum atomic E-state index is 0.242. The molecule has 0 aliphatic carbocycles. The van der Waals surface area contributed by atoms with Crippen LogP contribution in [0.2, 0.25) is 0 Å². The molecule has 0 unspecified atom stereocenters. The first kappa shape index (κ1) is 15.0. The maximum Gasteiger partial charge on any atom is 0.137 e. The third kappa shape index (κ3) is 4.31. The van der Waals surface area contributed by atoms with Crippen LogP contribution < -0.4 is 4.74 Å². The van der Waals surface area contributed by atoms with Gasteiger partial charge in [-0.1, -0.05) is 12.1 Å². The molecule has 0 bridgehead atoms. The average molecular weight is 252 g/mol. The Kier molecular flexibility index (Phi) is 6.16. The summed E-state index contributed by atoms with van der Waals surface area (Å²) in [5.41, 5.74) is 1.22. The zero-order valence-corrected chi connectivity index (χ0v) is 11.9. The van der Waals surface area contributed by atoms with Gasteiger partial charge in [-0.25, -0.2) is 0 Å². The van der Waals surface area contributed by atoms with E-state index in [9.17, 15) is 0 Å². The number of aliphatic hydroxyl groups excluding tert-OH is 1. The van der Waals surface area contributed by atoms with Crippen LogP contribution in [0.3, 0.4) is 0 Å². The summed E-state index contributed by atoms with van der Waals surface area (Å²) in [4.78, 5) is 0. The van der Waals surface area contributed by atoms with Crippen molar-refractivity contribution in [2.45, 2.75) is 20.8 Å². The molecule has 1 rings (SSSR count). The van der Waals surface area contributed by atoms with E-state index < -0.39 is 0 Å². The number of rotatable bonds is 8. The van der Waals surface area contributed by atoms with Gasteiger partial charge in [0.15, 0.2) is 0 Å². The number of likely N-dealkylation sites (N-methyl/N-ethyl adjacent to an activating group) is 1. The van der Waals surface area contributed by atoms with Crippen molar-refractivity contribution in [1.82, 2.24) is 0 Å². The summed E-state index contributed by atoms with van der Waals surface area (Å²) in [6.07, 6.45) is 0. The highest BCUT2D eigenvalue weighted by Crippen LogP contribution is 2.13. The second kappa shape index (κ2) is 7.39. The van der Waals surface area contributed by atoms with Crippen LogP contribution in [-0.2, 0) is 0 Å². The molecule has 3 nitrogen and oxygen atoms in total. The molecule has 1 N–H and O–H groups in total. The van der Waals surface area contributed by atoms with E-state index in [-0.39, 0.29) is 6.61 Å². The largest absolute Gasteiger partial charge is 0.488 e.